The molecule has 5 heteroatoms. The molecule has 154 valence electrons. The minimum atomic E-state index is 0.0555. The fourth-order valence-corrected chi connectivity index (χ4v) is 4.91. The summed E-state index contributed by atoms with van der Waals surface area (Å²) in [4.78, 5) is 16.8. The van der Waals surface area contributed by atoms with Crippen molar-refractivity contribution >= 4 is 5.91 Å². The SMILES string of the molecule is COCC(=O)N1CCCCN2[C@H](CO)[C@@H](c3ccc(-c4ccccc4)cc3)[C@H]2C1. The van der Waals surface area contributed by atoms with Crippen molar-refractivity contribution in [1.82, 2.24) is 9.80 Å². The van der Waals surface area contributed by atoms with E-state index in [0.717, 1.165) is 25.9 Å². The third-order valence-electron chi connectivity index (χ3n) is 6.39. The Kier molecular flexibility index (Phi) is 6.28. The van der Waals surface area contributed by atoms with Crippen molar-refractivity contribution in [3.05, 3.63) is 60.2 Å². The van der Waals surface area contributed by atoms with Crippen molar-refractivity contribution in [2.24, 2.45) is 0 Å². The number of nitrogens with zero attached hydrogens (tertiary/aromatic N) is 2. The number of rotatable bonds is 5. The standard InChI is InChI=1S/C24H30N2O3/c1-29-17-23(28)25-13-5-6-14-26-21(15-25)24(22(26)16-27)20-11-9-19(10-12-20)18-7-3-2-4-8-18/h2-4,7-12,21-22,24,27H,5-6,13-17H2,1H3/t21-,22-,24+/m1/s1. The summed E-state index contributed by atoms with van der Waals surface area (Å²) < 4.78 is 5.07. The van der Waals surface area contributed by atoms with Crippen molar-refractivity contribution in [3.63, 3.8) is 0 Å². The summed E-state index contributed by atoms with van der Waals surface area (Å²) in [7, 11) is 1.57. The van der Waals surface area contributed by atoms with Crippen molar-refractivity contribution in [1.29, 1.82) is 0 Å². The van der Waals surface area contributed by atoms with Crippen LogP contribution in [0, 0.1) is 0 Å². The van der Waals surface area contributed by atoms with Crippen molar-refractivity contribution in [2.75, 3.05) is 40.0 Å². The van der Waals surface area contributed by atoms with E-state index in [1.54, 1.807) is 7.11 Å². The summed E-state index contributed by atoms with van der Waals surface area (Å²) in [5.74, 6) is 0.292. The van der Waals surface area contributed by atoms with Crippen LogP contribution in [-0.4, -0.2) is 72.9 Å². The topological polar surface area (TPSA) is 53.0 Å². The molecule has 2 saturated heterocycles. The Morgan fingerprint density at radius 3 is 2.41 bits per heavy atom. The Hall–Kier alpha value is -2.21. The van der Waals surface area contributed by atoms with Crippen LogP contribution in [0.25, 0.3) is 11.1 Å². The molecule has 2 aromatic carbocycles. The van der Waals surface area contributed by atoms with Gasteiger partial charge in [0.1, 0.15) is 6.61 Å². The maximum atomic E-state index is 12.5. The molecule has 0 aromatic heterocycles. The minimum Gasteiger partial charge on any atom is -0.395 e. The van der Waals surface area contributed by atoms with Crippen LogP contribution < -0.4 is 0 Å². The van der Waals surface area contributed by atoms with E-state index in [1.165, 1.54) is 16.7 Å². The average molecular weight is 395 g/mol. The predicted octanol–water partition coefficient (Wildman–Crippen LogP) is 2.75. The van der Waals surface area contributed by atoms with E-state index in [9.17, 15) is 9.90 Å². The van der Waals surface area contributed by atoms with Gasteiger partial charge in [-0.1, -0.05) is 54.6 Å². The van der Waals surface area contributed by atoms with Gasteiger partial charge in [-0.3, -0.25) is 9.69 Å². The van der Waals surface area contributed by atoms with Crippen LogP contribution >= 0.6 is 0 Å². The quantitative estimate of drug-likeness (QED) is 0.847. The number of aliphatic hydroxyl groups is 1. The first-order valence-electron chi connectivity index (χ1n) is 10.5. The van der Waals surface area contributed by atoms with Gasteiger partial charge in [0.25, 0.3) is 0 Å². The molecule has 2 aliphatic heterocycles. The summed E-state index contributed by atoms with van der Waals surface area (Å²) in [5.41, 5.74) is 3.64. The summed E-state index contributed by atoms with van der Waals surface area (Å²) in [6.45, 7) is 2.75. The van der Waals surface area contributed by atoms with Crippen LogP contribution in [0.1, 0.15) is 24.3 Å². The van der Waals surface area contributed by atoms with E-state index in [2.05, 4.69) is 53.4 Å². The number of hydrogen-bond donors (Lipinski definition) is 1. The Balaban J connectivity index is 1.56. The second-order valence-corrected chi connectivity index (χ2v) is 8.05. The van der Waals surface area contributed by atoms with Gasteiger partial charge >= 0.3 is 0 Å². The first kappa shape index (κ1) is 20.1. The molecule has 3 atom stereocenters. The van der Waals surface area contributed by atoms with Gasteiger partial charge < -0.3 is 14.7 Å². The lowest BCUT2D eigenvalue weighted by atomic mass is 9.74. The van der Waals surface area contributed by atoms with Crippen LogP contribution in [0.5, 0.6) is 0 Å². The van der Waals surface area contributed by atoms with E-state index < -0.39 is 0 Å². The van der Waals surface area contributed by atoms with Crippen LogP contribution in [0.15, 0.2) is 54.6 Å². The van der Waals surface area contributed by atoms with E-state index in [-0.39, 0.29) is 37.1 Å². The van der Waals surface area contributed by atoms with Crippen molar-refractivity contribution in [3.8, 4) is 11.1 Å². The molecule has 0 aliphatic carbocycles. The first-order chi connectivity index (χ1) is 14.2. The summed E-state index contributed by atoms with van der Waals surface area (Å²) >= 11 is 0. The van der Waals surface area contributed by atoms with Crippen LogP contribution in [0.4, 0.5) is 0 Å². The maximum Gasteiger partial charge on any atom is 0.248 e. The number of aliphatic hydroxyl groups excluding tert-OH is 1. The molecule has 0 unspecified atom stereocenters. The molecule has 1 amide bonds. The second kappa shape index (κ2) is 9.08. The highest BCUT2D eigenvalue weighted by Crippen LogP contribution is 2.42. The lowest BCUT2D eigenvalue weighted by molar-refractivity contribution is -0.140. The zero-order valence-electron chi connectivity index (χ0n) is 17.0. The first-order valence-corrected chi connectivity index (χ1v) is 10.5. The van der Waals surface area contributed by atoms with Crippen molar-refractivity contribution < 1.29 is 14.6 Å². The number of carbonyl (C=O) groups is 1. The summed E-state index contributed by atoms with van der Waals surface area (Å²) in [6.07, 6.45) is 2.04. The van der Waals surface area contributed by atoms with Crippen LogP contribution in [0.2, 0.25) is 0 Å². The van der Waals surface area contributed by atoms with E-state index in [0.29, 0.717) is 6.54 Å². The van der Waals surface area contributed by atoms with Gasteiger partial charge in [0.15, 0.2) is 0 Å². The van der Waals surface area contributed by atoms with Gasteiger partial charge in [-0.2, -0.15) is 0 Å². The fraction of sp³-hybridized carbons (Fsp3) is 0.458. The zero-order valence-corrected chi connectivity index (χ0v) is 17.0. The van der Waals surface area contributed by atoms with Gasteiger partial charge in [0, 0.05) is 38.2 Å². The van der Waals surface area contributed by atoms with Gasteiger partial charge in [-0.15, -0.1) is 0 Å². The summed E-state index contributed by atoms with van der Waals surface area (Å²) in [5, 5.41) is 10.1. The number of methoxy groups -OCH3 is 1. The minimum absolute atomic E-state index is 0.0555. The molecule has 0 saturated carbocycles. The highest BCUT2D eigenvalue weighted by molar-refractivity contribution is 5.77. The van der Waals surface area contributed by atoms with Gasteiger partial charge in [-0.05, 0) is 36.1 Å². The lowest BCUT2D eigenvalue weighted by Crippen LogP contribution is -2.68. The monoisotopic (exact) mass is 394 g/mol. The maximum absolute atomic E-state index is 12.5. The summed E-state index contributed by atoms with van der Waals surface area (Å²) in [6, 6.07) is 19.4. The van der Waals surface area contributed by atoms with E-state index >= 15 is 0 Å². The number of hydrogen-bond acceptors (Lipinski definition) is 4. The average Bonchev–Trinajstić information content (AvgIpc) is 2.74. The Morgan fingerprint density at radius 2 is 1.72 bits per heavy atom. The van der Waals surface area contributed by atoms with E-state index in [1.807, 2.05) is 11.0 Å². The van der Waals surface area contributed by atoms with Gasteiger partial charge in [0.05, 0.1) is 6.61 Å². The highest BCUT2D eigenvalue weighted by Gasteiger charge is 2.49. The molecule has 2 aliphatic rings. The number of carbonyl (C=O) groups excluding carboxylic acids is 1. The molecule has 2 fully saturated rings. The molecule has 0 radical (unpaired) electrons. The Bertz CT molecular complexity index is 809. The Morgan fingerprint density at radius 1 is 1.03 bits per heavy atom. The third kappa shape index (κ3) is 4.08. The van der Waals surface area contributed by atoms with Crippen LogP contribution in [0.3, 0.4) is 0 Å². The molecular formula is C24H30N2O3. The molecule has 1 N–H and O–H groups in total. The van der Waals surface area contributed by atoms with E-state index in [4.69, 9.17) is 4.74 Å². The highest BCUT2D eigenvalue weighted by atomic mass is 16.5. The number of benzene rings is 2. The molecule has 0 bridgehead atoms. The molecule has 2 heterocycles. The number of amides is 1. The van der Waals surface area contributed by atoms with Crippen LogP contribution in [-0.2, 0) is 9.53 Å². The predicted molar refractivity (Wildman–Crippen MR) is 114 cm³/mol. The van der Waals surface area contributed by atoms with Gasteiger partial charge in [0.2, 0.25) is 5.91 Å². The molecule has 4 rings (SSSR count). The molecule has 2 aromatic rings. The second-order valence-electron chi connectivity index (χ2n) is 8.05. The fourth-order valence-electron chi connectivity index (χ4n) is 4.91. The number of fused-ring (bicyclic) bond motifs is 1. The Labute approximate surface area is 172 Å². The zero-order chi connectivity index (χ0) is 20.2. The van der Waals surface area contributed by atoms with Crippen molar-refractivity contribution in [2.45, 2.75) is 30.8 Å². The molecule has 29 heavy (non-hydrogen) atoms. The molecular weight excluding hydrogens is 364 g/mol. The van der Waals surface area contributed by atoms with Gasteiger partial charge in [-0.25, -0.2) is 0 Å². The number of ether oxygens (including phenoxy) is 1. The molecule has 5 nitrogen and oxygen atoms in total. The normalized spacial score (nSPS) is 24.9. The lowest BCUT2D eigenvalue weighted by Gasteiger charge is -2.57. The molecule has 0 spiro atoms. The third-order valence-corrected chi connectivity index (χ3v) is 6.39. The smallest absolute Gasteiger partial charge is 0.248 e. The largest absolute Gasteiger partial charge is 0.395 e.